The summed E-state index contributed by atoms with van der Waals surface area (Å²) in [7, 11) is 1.96. The Balaban J connectivity index is 1.97. The van der Waals surface area contributed by atoms with Crippen LogP contribution >= 0.6 is 0 Å². The molecular formula is C15H17N3. The van der Waals surface area contributed by atoms with Gasteiger partial charge in [0.1, 0.15) is 0 Å². The van der Waals surface area contributed by atoms with Gasteiger partial charge in [0.05, 0.1) is 17.9 Å². The molecule has 0 saturated carbocycles. The fourth-order valence-corrected chi connectivity index (χ4v) is 2.72. The first-order valence-electron chi connectivity index (χ1n) is 6.43. The highest BCUT2D eigenvalue weighted by molar-refractivity contribution is 5.38. The molecule has 1 N–H and O–H groups in total. The quantitative estimate of drug-likeness (QED) is 0.893. The molecule has 1 aromatic heterocycles. The SMILES string of the molecule is CNC(c1ccc2c(c1)CCC2)c1cnccn1. The number of nitrogens with zero attached hydrogens (tertiary/aromatic N) is 2. The van der Waals surface area contributed by atoms with Crippen LogP contribution in [0.4, 0.5) is 0 Å². The van der Waals surface area contributed by atoms with Crippen molar-refractivity contribution in [1.29, 1.82) is 0 Å². The lowest BCUT2D eigenvalue weighted by Crippen LogP contribution is -2.19. The standard InChI is InChI=1S/C15H17N3/c1-16-15(14-10-17-7-8-18-14)13-6-5-11-3-2-4-12(11)9-13/h5-10,15-16H,2-4H2,1H3. The highest BCUT2D eigenvalue weighted by atomic mass is 14.9. The van der Waals surface area contributed by atoms with E-state index in [1.165, 1.54) is 36.0 Å². The average molecular weight is 239 g/mol. The van der Waals surface area contributed by atoms with Crippen LogP contribution in [-0.2, 0) is 12.8 Å². The highest BCUT2D eigenvalue weighted by Crippen LogP contribution is 2.27. The van der Waals surface area contributed by atoms with Crippen molar-refractivity contribution in [2.24, 2.45) is 0 Å². The molecule has 1 heterocycles. The number of hydrogen-bond acceptors (Lipinski definition) is 3. The third kappa shape index (κ3) is 2.02. The summed E-state index contributed by atoms with van der Waals surface area (Å²) >= 11 is 0. The van der Waals surface area contributed by atoms with Gasteiger partial charge in [-0.25, -0.2) is 0 Å². The van der Waals surface area contributed by atoms with Gasteiger partial charge in [0.25, 0.3) is 0 Å². The number of nitrogens with one attached hydrogen (secondary N) is 1. The minimum Gasteiger partial charge on any atom is -0.308 e. The first kappa shape index (κ1) is 11.4. The molecule has 1 aliphatic carbocycles. The van der Waals surface area contributed by atoms with Gasteiger partial charge >= 0.3 is 0 Å². The maximum atomic E-state index is 4.39. The summed E-state index contributed by atoms with van der Waals surface area (Å²) in [6.07, 6.45) is 9.00. The largest absolute Gasteiger partial charge is 0.308 e. The Morgan fingerprint density at radius 2 is 2.06 bits per heavy atom. The molecule has 92 valence electrons. The second-order valence-electron chi connectivity index (χ2n) is 4.73. The molecule has 0 amide bonds. The molecular weight excluding hydrogens is 222 g/mol. The number of fused-ring (bicyclic) bond motifs is 1. The van der Waals surface area contributed by atoms with Gasteiger partial charge in [-0.1, -0.05) is 18.2 Å². The van der Waals surface area contributed by atoms with E-state index in [0.29, 0.717) is 0 Å². The third-order valence-corrected chi connectivity index (χ3v) is 3.62. The molecule has 1 aromatic carbocycles. The van der Waals surface area contributed by atoms with Crippen LogP contribution in [0.2, 0.25) is 0 Å². The molecule has 1 aliphatic rings. The summed E-state index contributed by atoms with van der Waals surface area (Å²) in [5.41, 5.74) is 5.25. The van der Waals surface area contributed by atoms with Gasteiger partial charge in [-0.15, -0.1) is 0 Å². The summed E-state index contributed by atoms with van der Waals surface area (Å²) in [5, 5.41) is 3.32. The lowest BCUT2D eigenvalue weighted by Gasteiger charge is -2.16. The molecule has 0 radical (unpaired) electrons. The van der Waals surface area contributed by atoms with Gasteiger partial charge in [-0.2, -0.15) is 0 Å². The fourth-order valence-electron chi connectivity index (χ4n) is 2.72. The number of hydrogen-bond donors (Lipinski definition) is 1. The van der Waals surface area contributed by atoms with E-state index in [0.717, 1.165) is 5.69 Å². The first-order chi connectivity index (χ1) is 8.88. The van der Waals surface area contributed by atoms with Crippen molar-refractivity contribution in [2.45, 2.75) is 25.3 Å². The number of rotatable bonds is 3. The molecule has 1 atom stereocenters. The molecule has 0 saturated heterocycles. The minimum atomic E-state index is 0.129. The highest BCUT2D eigenvalue weighted by Gasteiger charge is 2.17. The van der Waals surface area contributed by atoms with E-state index in [4.69, 9.17) is 0 Å². The monoisotopic (exact) mass is 239 g/mol. The van der Waals surface area contributed by atoms with Crippen molar-refractivity contribution in [3.05, 3.63) is 59.2 Å². The van der Waals surface area contributed by atoms with E-state index in [2.05, 4.69) is 33.5 Å². The first-order valence-corrected chi connectivity index (χ1v) is 6.43. The summed E-state index contributed by atoms with van der Waals surface area (Å²) < 4.78 is 0. The van der Waals surface area contributed by atoms with Crippen LogP contribution in [-0.4, -0.2) is 17.0 Å². The maximum absolute atomic E-state index is 4.39. The van der Waals surface area contributed by atoms with Crippen molar-refractivity contribution in [1.82, 2.24) is 15.3 Å². The van der Waals surface area contributed by atoms with Gasteiger partial charge in [-0.05, 0) is 43.0 Å². The molecule has 0 spiro atoms. The second kappa shape index (κ2) is 4.86. The fraction of sp³-hybridized carbons (Fsp3) is 0.333. The van der Waals surface area contributed by atoms with Gasteiger partial charge in [0.15, 0.2) is 0 Å². The lowest BCUT2D eigenvalue weighted by molar-refractivity contribution is 0.666. The van der Waals surface area contributed by atoms with Crippen LogP contribution in [0, 0.1) is 0 Å². The summed E-state index contributed by atoms with van der Waals surface area (Å²) in [6.45, 7) is 0. The van der Waals surface area contributed by atoms with Crippen LogP contribution in [0.3, 0.4) is 0 Å². The van der Waals surface area contributed by atoms with Crippen LogP contribution < -0.4 is 5.32 Å². The number of aromatic nitrogens is 2. The topological polar surface area (TPSA) is 37.8 Å². The van der Waals surface area contributed by atoms with E-state index < -0.39 is 0 Å². The summed E-state index contributed by atoms with van der Waals surface area (Å²) in [6, 6.07) is 6.92. The van der Waals surface area contributed by atoms with Gasteiger partial charge in [-0.3, -0.25) is 9.97 Å². The molecule has 18 heavy (non-hydrogen) atoms. The van der Waals surface area contributed by atoms with Crippen molar-refractivity contribution >= 4 is 0 Å². The normalized spacial score (nSPS) is 15.4. The Labute approximate surface area is 107 Å². The van der Waals surface area contributed by atoms with Crippen LogP contribution in [0.15, 0.2) is 36.8 Å². The lowest BCUT2D eigenvalue weighted by atomic mass is 9.99. The van der Waals surface area contributed by atoms with E-state index in [9.17, 15) is 0 Å². The molecule has 2 aromatic rings. The molecule has 1 unspecified atom stereocenters. The Morgan fingerprint density at radius 3 is 2.83 bits per heavy atom. The van der Waals surface area contributed by atoms with Crippen molar-refractivity contribution in [2.75, 3.05) is 7.05 Å². The van der Waals surface area contributed by atoms with Crippen molar-refractivity contribution < 1.29 is 0 Å². The van der Waals surface area contributed by atoms with E-state index in [1.54, 1.807) is 12.4 Å². The van der Waals surface area contributed by atoms with E-state index in [1.807, 2.05) is 13.2 Å². The van der Waals surface area contributed by atoms with Gasteiger partial charge in [0.2, 0.25) is 0 Å². The molecule has 0 aliphatic heterocycles. The molecule has 3 rings (SSSR count). The Bertz CT molecular complexity index is 537. The van der Waals surface area contributed by atoms with Crippen LogP contribution in [0.1, 0.15) is 34.8 Å². The maximum Gasteiger partial charge on any atom is 0.0801 e. The molecule has 0 fully saturated rings. The zero-order valence-electron chi connectivity index (χ0n) is 10.6. The predicted molar refractivity (Wildman–Crippen MR) is 71.4 cm³/mol. The average Bonchev–Trinajstić information content (AvgIpc) is 2.88. The smallest absolute Gasteiger partial charge is 0.0801 e. The third-order valence-electron chi connectivity index (χ3n) is 3.62. The number of aryl methyl sites for hydroxylation is 2. The minimum absolute atomic E-state index is 0.129. The Morgan fingerprint density at radius 1 is 1.17 bits per heavy atom. The molecule has 0 bridgehead atoms. The van der Waals surface area contributed by atoms with Crippen LogP contribution in [0.25, 0.3) is 0 Å². The zero-order chi connectivity index (χ0) is 12.4. The zero-order valence-corrected chi connectivity index (χ0v) is 10.6. The summed E-state index contributed by atoms with van der Waals surface area (Å²) in [4.78, 5) is 8.54. The van der Waals surface area contributed by atoms with E-state index in [-0.39, 0.29) is 6.04 Å². The Kier molecular flexibility index (Phi) is 3.07. The number of benzene rings is 1. The molecule has 3 nitrogen and oxygen atoms in total. The van der Waals surface area contributed by atoms with Crippen molar-refractivity contribution in [3.63, 3.8) is 0 Å². The second-order valence-corrected chi connectivity index (χ2v) is 4.73. The predicted octanol–water partition coefficient (Wildman–Crippen LogP) is 2.27. The molecule has 3 heteroatoms. The Hall–Kier alpha value is -1.74. The van der Waals surface area contributed by atoms with Gasteiger partial charge in [0, 0.05) is 12.4 Å². The summed E-state index contributed by atoms with van der Waals surface area (Å²) in [5.74, 6) is 0. The van der Waals surface area contributed by atoms with Gasteiger partial charge < -0.3 is 5.32 Å². The van der Waals surface area contributed by atoms with Crippen molar-refractivity contribution in [3.8, 4) is 0 Å². The van der Waals surface area contributed by atoms with E-state index >= 15 is 0 Å². The van der Waals surface area contributed by atoms with Crippen LogP contribution in [0.5, 0.6) is 0 Å².